The molecule has 4 aliphatic rings. The van der Waals surface area contributed by atoms with Crippen LogP contribution >= 0.6 is 0 Å². The van der Waals surface area contributed by atoms with Crippen LogP contribution in [-0.2, 0) is 9.53 Å². The Morgan fingerprint density at radius 2 is 2.11 bits per heavy atom. The van der Waals surface area contributed by atoms with E-state index in [0.717, 1.165) is 50.3 Å². The predicted octanol–water partition coefficient (Wildman–Crippen LogP) is 2.19. The van der Waals surface area contributed by atoms with Gasteiger partial charge < -0.3 is 29.7 Å². The molecule has 1 saturated heterocycles. The van der Waals surface area contributed by atoms with Crippen LogP contribution in [0.25, 0.3) is 6.08 Å². The zero-order chi connectivity index (χ0) is 24.6. The average molecular weight is 493 g/mol. The molecule has 1 aliphatic carbocycles. The van der Waals surface area contributed by atoms with Crippen molar-refractivity contribution in [2.75, 3.05) is 48.5 Å². The van der Waals surface area contributed by atoms with E-state index < -0.39 is 6.09 Å². The zero-order valence-electron chi connectivity index (χ0n) is 20.0. The van der Waals surface area contributed by atoms with Gasteiger partial charge in [0.15, 0.2) is 18.2 Å². The topological polar surface area (TPSA) is 118 Å². The lowest BCUT2D eigenvalue weighted by atomic mass is 9.88. The Kier molecular flexibility index (Phi) is 5.84. The predicted molar refractivity (Wildman–Crippen MR) is 133 cm³/mol. The number of nitrogens with zero attached hydrogens (tertiary/aromatic N) is 4. The molecule has 2 aromatic rings. The Morgan fingerprint density at radius 3 is 3.00 bits per heavy atom. The largest absolute Gasteiger partial charge is 0.481 e. The van der Waals surface area contributed by atoms with Crippen molar-refractivity contribution in [3.8, 4) is 11.6 Å². The Labute approximate surface area is 208 Å². The number of ether oxygens (including phenoxy) is 3. The lowest BCUT2D eigenvalue weighted by molar-refractivity contribution is -0.118. The Morgan fingerprint density at radius 1 is 1.19 bits per heavy atom. The number of methoxy groups -OCH3 is 1. The molecule has 2 amide bonds. The van der Waals surface area contributed by atoms with Crippen LogP contribution in [0.5, 0.6) is 11.6 Å². The van der Waals surface area contributed by atoms with Gasteiger partial charge in [-0.15, -0.1) is 0 Å². The van der Waals surface area contributed by atoms with Crippen molar-refractivity contribution in [3.63, 3.8) is 0 Å². The van der Waals surface area contributed by atoms with Gasteiger partial charge in [-0.2, -0.15) is 4.98 Å². The molecule has 0 aromatic carbocycles. The summed E-state index contributed by atoms with van der Waals surface area (Å²) in [6, 6.07) is 7.52. The summed E-state index contributed by atoms with van der Waals surface area (Å²) in [5, 5.41) is 6.34. The van der Waals surface area contributed by atoms with Crippen molar-refractivity contribution in [1.82, 2.24) is 15.3 Å². The molecule has 3 aliphatic heterocycles. The molecule has 5 heterocycles. The van der Waals surface area contributed by atoms with Gasteiger partial charge in [0, 0.05) is 43.7 Å². The summed E-state index contributed by atoms with van der Waals surface area (Å²) in [6.45, 7) is 2.36. The molecule has 11 nitrogen and oxygen atoms in total. The van der Waals surface area contributed by atoms with E-state index in [0.29, 0.717) is 23.3 Å². The second-order valence-corrected chi connectivity index (χ2v) is 9.29. The molecule has 0 unspecified atom stereocenters. The number of pyridine rings is 2. The van der Waals surface area contributed by atoms with Gasteiger partial charge in [0.05, 0.1) is 13.2 Å². The van der Waals surface area contributed by atoms with E-state index in [1.807, 2.05) is 12.1 Å². The Balaban J connectivity index is 1.06. The highest BCUT2D eigenvalue weighted by atomic mass is 16.6. The van der Waals surface area contributed by atoms with E-state index >= 15 is 0 Å². The summed E-state index contributed by atoms with van der Waals surface area (Å²) in [6.07, 6.45) is 6.06. The van der Waals surface area contributed by atoms with Crippen LogP contribution in [0, 0.1) is 0 Å². The average Bonchev–Trinajstić information content (AvgIpc) is 3.23. The number of anilines is 3. The highest BCUT2D eigenvalue weighted by Gasteiger charge is 2.46. The van der Waals surface area contributed by atoms with E-state index in [2.05, 4.69) is 37.7 Å². The fraction of sp³-hybridized carbons (Fsp3) is 0.440. The minimum atomic E-state index is -0.405. The first kappa shape index (κ1) is 22.6. The number of carbonyl (C=O) groups excluding carboxylic acids is 2. The molecule has 2 N–H and O–H groups in total. The first-order valence-corrected chi connectivity index (χ1v) is 12.2. The fourth-order valence-corrected chi connectivity index (χ4v) is 5.33. The number of carbonyl (C=O) groups is 2. The first-order chi connectivity index (χ1) is 17.6. The molecule has 0 bridgehead atoms. The third-order valence-electron chi connectivity index (χ3n) is 7.07. The third-order valence-corrected chi connectivity index (χ3v) is 7.07. The third kappa shape index (κ3) is 4.19. The van der Waals surface area contributed by atoms with Crippen LogP contribution in [0.1, 0.15) is 24.8 Å². The summed E-state index contributed by atoms with van der Waals surface area (Å²) in [4.78, 5) is 37.4. The second-order valence-electron chi connectivity index (χ2n) is 9.29. The van der Waals surface area contributed by atoms with Gasteiger partial charge in [-0.3, -0.25) is 9.69 Å². The van der Waals surface area contributed by atoms with Crippen molar-refractivity contribution in [3.05, 3.63) is 35.9 Å². The molecular weight excluding hydrogens is 464 g/mol. The SMILES string of the molecule is COc1ccc2c(n1)N(CCN[C@@H]1CC[C@@H]3[C@@H](C1)OC(=O)N3c1ccc3c(n1)NC(=O)CO3)CC=C2. The van der Waals surface area contributed by atoms with Crippen LogP contribution < -0.4 is 29.9 Å². The number of fused-ring (bicyclic) bond motifs is 3. The van der Waals surface area contributed by atoms with Gasteiger partial charge in [-0.05, 0) is 31.0 Å². The molecule has 2 aromatic heterocycles. The standard InChI is InChI=1S/C25H28N6O5/c1-34-22-9-4-15-3-2-11-30(24(15)29-22)12-10-26-16-5-6-17-19(13-16)36-25(33)31(17)20-8-7-18-23(27-20)28-21(32)14-35-18/h2-4,7-9,16-17,19,26H,5-6,10-14H2,1H3,(H,27,28,32)/t16-,17-,19-/m1/s1. The minimum Gasteiger partial charge on any atom is -0.481 e. The summed E-state index contributed by atoms with van der Waals surface area (Å²) >= 11 is 0. The summed E-state index contributed by atoms with van der Waals surface area (Å²) in [5.74, 6) is 2.56. The summed E-state index contributed by atoms with van der Waals surface area (Å²) in [5.41, 5.74) is 1.09. The molecule has 6 rings (SSSR count). The lowest BCUT2D eigenvalue weighted by Crippen LogP contribution is -2.47. The molecule has 0 spiro atoms. The minimum absolute atomic E-state index is 0.0372. The van der Waals surface area contributed by atoms with Crippen molar-refractivity contribution in [2.45, 2.75) is 37.5 Å². The van der Waals surface area contributed by atoms with Gasteiger partial charge >= 0.3 is 6.09 Å². The maximum atomic E-state index is 12.8. The van der Waals surface area contributed by atoms with Crippen LogP contribution in [0.2, 0.25) is 0 Å². The van der Waals surface area contributed by atoms with Crippen molar-refractivity contribution in [1.29, 1.82) is 0 Å². The quantitative estimate of drug-likeness (QED) is 0.626. The molecule has 188 valence electrons. The molecule has 3 atom stereocenters. The monoisotopic (exact) mass is 492 g/mol. The summed E-state index contributed by atoms with van der Waals surface area (Å²) < 4.78 is 16.4. The second kappa shape index (κ2) is 9.30. The van der Waals surface area contributed by atoms with Crippen molar-refractivity contribution in [2.24, 2.45) is 0 Å². The maximum absolute atomic E-state index is 12.8. The first-order valence-electron chi connectivity index (χ1n) is 12.2. The van der Waals surface area contributed by atoms with E-state index in [1.165, 1.54) is 0 Å². The van der Waals surface area contributed by atoms with E-state index in [4.69, 9.17) is 14.2 Å². The number of aromatic nitrogens is 2. The van der Waals surface area contributed by atoms with Crippen LogP contribution in [-0.4, -0.2) is 73.5 Å². The van der Waals surface area contributed by atoms with Gasteiger partial charge in [-0.25, -0.2) is 9.78 Å². The van der Waals surface area contributed by atoms with Gasteiger partial charge in [0.1, 0.15) is 17.7 Å². The van der Waals surface area contributed by atoms with Gasteiger partial charge in [0.2, 0.25) is 5.88 Å². The fourth-order valence-electron chi connectivity index (χ4n) is 5.33. The maximum Gasteiger partial charge on any atom is 0.416 e. The highest BCUT2D eigenvalue weighted by Crippen LogP contribution is 2.37. The number of nitrogens with one attached hydrogen (secondary N) is 2. The van der Waals surface area contributed by atoms with Gasteiger partial charge in [-0.1, -0.05) is 12.2 Å². The van der Waals surface area contributed by atoms with Crippen LogP contribution in [0.3, 0.4) is 0 Å². The highest BCUT2D eigenvalue weighted by molar-refractivity contribution is 5.95. The number of rotatable bonds is 6. The van der Waals surface area contributed by atoms with Crippen molar-refractivity contribution < 1.29 is 23.8 Å². The molecule has 11 heteroatoms. The number of hydrogen-bond acceptors (Lipinski definition) is 9. The smallest absolute Gasteiger partial charge is 0.416 e. The molecule has 2 fully saturated rings. The van der Waals surface area contributed by atoms with E-state index in [1.54, 1.807) is 24.1 Å². The normalized spacial score (nSPS) is 24.3. The molecule has 0 radical (unpaired) electrons. The molecule has 36 heavy (non-hydrogen) atoms. The zero-order valence-corrected chi connectivity index (χ0v) is 20.0. The number of hydrogen-bond donors (Lipinski definition) is 2. The Hall–Kier alpha value is -3.86. The Bertz CT molecular complexity index is 1220. The van der Waals surface area contributed by atoms with E-state index in [-0.39, 0.29) is 30.7 Å². The lowest BCUT2D eigenvalue weighted by Gasteiger charge is -2.34. The van der Waals surface area contributed by atoms with Gasteiger partial charge in [0.25, 0.3) is 5.91 Å². The van der Waals surface area contributed by atoms with Crippen molar-refractivity contribution >= 4 is 35.5 Å². The van der Waals surface area contributed by atoms with Crippen LogP contribution in [0.4, 0.5) is 22.2 Å². The van der Waals surface area contributed by atoms with Crippen LogP contribution in [0.15, 0.2) is 30.3 Å². The molecule has 1 saturated carbocycles. The van der Waals surface area contributed by atoms with E-state index in [9.17, 15) is 9.59 Å². The summed E-state index contributed by atoms with van der Waals surface area (Å²) in [7, 11) is 1.63. The number of amides is 2. The molecular formula is C25H28N6O5.